The maximum absolute atomic E-state index is 6.06. The fourth-order valence-electron chi connectivity index (χ4n) is 1.42. The normalized spacial score (nSPS) is 13.0. The Bertz CT molecular complexity index is 449. The van der Waals surface area contributed by atoms with Gasteiger partial charge in [-0.25, -0.2) is 0 Å². The SMILES string of the molecule is Cc1ccc(C(N)Cc2sccc2Br)o1. The molecule has 2 aromatic heterocycles. The maximum atomic E-state index is 6.06. The second-order valence-electron chi connectivity index (χ2n) is 3.45. The van der Waals surface area contributed by atoms with Crippen LogP contribution in [0.1, 0.15) is 22.4 Å². The van der Waals surface area contributed by atoms with E-state index in [2.05, 4.69) is 21.3 Å². The van der Waals surface area contributed by atoms with Crippen molar-refractivity contribution in [3.05, 3.63) is 44.4 Å². The van der Waals surface area contributed by atoms with Crippen LogP contribution in [0.5, 0.6) is 0 Å². The zero-order valence-corrected chi connectivity index (χ0v) is 10.8. The highest BCUT2D eigenvalue weighted by molar-refractivity contribution is 9.10. The minimum absolute atomic E-state index is 0.0614. The van der Waals surface area contributed by atoms with Crippen molar-refractivity contribution in [3.63, 3.8) is 0 Å². The van der Waals surface area contributed by atoms with E-state index in [0.29, 0.717) is 0 Å². The van der Waals surface area contributed by atoms with Crippen LogP contribution in [0.15, 0.2) is 32.5 Å². The first-order valence-electron chi connectivity index (χ1n) is 4.70. The van der Waals surface area contributed by atoms with Gasteiger partial charge in [0.05, 0.1) is 6.04 Å². The first-order valence-corrected chi connectivity index (χ1v) is 6.38. The number of thiophene rings is 1. The molecule has 2 heterocycles. The molecule has 0 aliphatic carbocycles. The number of rotatable bonds is 3. The molecular weight excluding hydrogens is 274 g/mol. The number of hydrogen-bond donors (Lipinski definition) is 1. The largest absolute Gasteiger partial charge is 0.465 e. The van der Waals surface area contributed by atoms with E-state index in [9.17, 15) is 0 Å². The van der Waals surface area contributed by atoms with Gasteiger partial charge in [0.1, 0.15) is 11.5 Å². The molecule has 15 heavy (non-hydrogen) atoms. The van der Waals surface area contributed by atoms with Crippen molar-refractivity contribution >= 4 is 27.3 Å². The summed E-state index contributed by atoms with van der Waals surface area (Å²) in [4.78, 5) is 1.26. The number of furan rings is 1. The molecule has 0 aromatic carbocycles. The fraction of sp³-hybridized carbons (Fsp3) is 0.273. The molecule has 1 unspecified atom stereocenters. The lowest BCUT2D eigenvalue weighted by atomic mass is 10.1. The monoisotopic (exact) mass is 285 g/mol. The molecule has 0 bridgehead atoms. The van der Waals surface area contributed by atoms with Gasteiger partial charge in [0, 0.05) is 15.8 Å². The maximum Gasteiger partial charge on any atom is 0.121 e. The van der Waals surface area contributed by atoms with E-state index in [1.54, 1.807) is 11.3 Å². The molecule has 2 nitrogen and oxygen atoms in total. The van der Waals surface area contributed by atoms with Gasteiger partial charge in [-0.05, 0) is 46.4 Å². The van der Waals surface area contributed by atoms with E-state index in [0.717, 1.165) is 22.4 Å². The molecule has 0 spiro atoms. The topological polar surface area (TPSA) is 39.2 Å². The zero-order valence-electron chi connectivity index (χ0n) is 8.37. The summed E-state index contributed by atoms with van der Waals surface area (Å²) in [6.45, 7) is 1.93. The Balaban J connectivity index is 2.10. The highest BCUT2D eigenvalue weighted by Gasteiger charge is 2.13. The van der Waals surface area contributed by atoms with Crippen LogP contribution in [0.2, 0.25) is 0 Å². The Morgan fingerprint density at radius 3 is 2.80 bits per heavy atom. The van der Waals surface area contributed by atoms with Gasteiger partial charge in [-0.1, -0.05) is 0 Å². The van der Waals surface area contributed by atoms with Gasteiger partial charge < -0.3 is 10.2 Å². The number of hydrogen-bond acceptors (Lipinski definition) is 3. The van der Waals surface area contributed by atoms with E-state index in [1.165, 1.54) is 4.88 Å². The Labute approximate surface area is 101 Å². The summed E-state index contributed by atoms with van der Waals surface area (Å²) in [7, 11) is 0. The molecule has 0 aliphatic rings. The summed E-state index contributed by atoms with van der Waals surface area (Å²) in [5.41, 5.74) is 6.06. The Hall–Kier alpha value is -0.580. The minimum atomic E-state index is -0.0614. The molecule has 4 heteroatoms. The third-order valence-corrected chi connectivity index (χ3v) is 4.17. The molecule has 0 aliphatic heterocycles. The summed E-state index contributed by atoms with van der Waals surface area (Å²) in [5, 5.41) is 2.06. The van der Waals surface area contributed by atoms with E-state index in [-0.39, 0.29) is 6.04 Å². The molecule has 1 atom stereocenters. The zero-order chi connectivity index (χ0) is 10.8. The van der Waals surface area contributed by atoms with E-state index in [1.807, 2.05) is 25.1 Å². The molecule has 2 rings (SSSR count). The van der Waals surface area contributed by atoms with Crippen LogP contribution in [-0.4, -0.2) is 0 Å². The Kier molecular flexibility index (Phi) is 3.29. The van der Waals surface area contributed by atoms with Gasteiger partial charge in [0.15, 0.2) is 0 Å². The summed E-state index contributed by atoms with van der Waals surface area (Å²) in [6, 6.07) is 5.87. The number of nitrogens with two attached hydrogens (primary N) is 1. The minimum Gasteiger partial charge on any atom is -0.465 e. The van der Waals surface area contributed by atoms with Gasteiger partial charge in [0.2, 0.25) is 0 Å². The third kappa shape index (κ3) is 2.51. The Morgan fingerprint density at radius 1 is 1.47 bits per heavy atom. The van der Waals surface area contributed by atoms with Crippen LogP contribution in [0.4, 0.5) is 0 Å². The third-order valence-electron chi connectivity index (χ3n) is 2.22. The quantitative estimate of drug-likeness (QED) is 0.935. The summed E-state index contributed by atoms with van der Waals surface area (Å²) in [6.07, 6.45) is 0.811. The standard InChI is InChI=1S/C11H12BrNOS/c1-7-2-3-10(14-7)9(13)6-11-8(12)4-5-15-11/h2-5,9H,6,13H2,1H3. The molecule has 0 radical (unpaired) electrons. The van der Waals surface area contributed by atoms with Gasteiger partial charge in [-0.3, -0.25) is 0 Å². The fourth-order valence-corrected chi connectivity index (χ4v) is 3.00. The van der Waals surface area contributed by atoms with E-state index < -0.39 is 0 Å². The van der Waals surface area contributed by atoms with Crippen LogP contribution in [0.25, 0.3) is 0 Å². The van der Waals surface area contributed by atoms with Crippen molar-refractivity contribution in [1.29, 1.82) is 0 Å². The molecule has 0 fully saturated rings. The first kappa shape index (κ1) is 10.9. The molecule has 2 N–H and O–H groups in total. The predicted octanol–water partition coefficient (Wildman–Crippen LogP) is 3.65. The predicted molar refractivity (Wildman–Crippen MR) is 66.1 cm³/mol. The molecular formula is C11H12BrNOS. The second kappa shape index (κ2) is 4.51. The lowest BCUT2D eigenvalue weighted by Gasteiger charge is -2.07. The van der Waals surface area contributed by atoms with Crippen LogP contribution < -0.4 is 5.73 Å². The lowest BCUT2D eigenvalue weighted by Crippen LogP contribution is -2.11. The van der Waals surface area contributed by atoms with Gasteiger partial charge in [-0.15, -0.1) is 11.3 Å². The molecule has 2 aromatic rings. The van der Waals surface area contributed by atoms with E-state index >= 15 is 0 Å². The molecule has 80 valence electrons. The lowest BCUT2D eigenvalue weighted by molar-refractivity contribution is 0.445. The van der Waals surface area contributed by atoms with Crippen molar-refractivity contribution in [1.82, 2.24) is 0 Å². The second-order valence-corrected chi connectivity index (χ2v) is 5.31. The molecule has 0 saturated heterocycles. The van der Waals surface area contributed by atoms with Crippen molar-refractivity contribution < 1.29 is 4.42 Å². The number of aryl methyl sites for hydroxylation is 1. The van der Waals surface area contributed by atoms with Crippen LogP contribution in [0, 0.1) is 6.92 Å². The average molecular weight is 286 g/mol. The smallest absolute Gasteiger partial charge is 0.121 e. The van der Waals surface area contributed by atoms with Crippen LogP contribution >= 0.6 is 27.3 Å². The summed E-state index contributed by atoms with van der Waals surface area (Å²) >= 11 is 5.21. The highest BCUT2D eigenvalue weighted by Crippen LogP contribution is 2.27. The van der Waals surface area contributed by atoms with Crippen molar-refractivity contribution in [2.75, 3.05) is 0 Å². The highest BCUT2D eigenvalue weighted by atomic mass is 79.9. The van der Waals surface area contributed by atoms with E-state index in [4.69, 9.17) is 10.2 Å². The first-order chi connectivity index (χ1) is 7.16. The van der Waals surface area contributed by atoms with Crippen LogP contribution in [-0.2, 0) is 6.42 Å². The average Bonchev–Trinajstić information content (AvgIpc) is 2.77. The van der Waals surface area contributed by atoms with Crippen molar-refractivity contribution in [2.45, 2.75) is 19.4 Å². The van der Waals surface area contributed by atoms with Gasteiger partial charge in [0.25, 0.3) is 0 Å². The van der Waals surface area contributed by atoms with Crippen LogP contribution in [0.3, 0.4) is 0 Å². The summed E-state index contributed by atoms with van der Waals surface area (Å²) < 4.78 is 6.63. The molecule has 0 amide bonds. The molecule has 0 saturated carbocycles. The Morgan fingerprint density at radius 2 is 2.27 bits per heavy atom. The number of halogens is 1. The van der Waals surface area contributed by atoms with Crippen molar-refractivity contribution in [3.8, 4) is 0 Å². The van der Waals surface area contributed by atoms with Gasteiger partial charge >= 0.3 is 0 Å². The van der Waals surface area contributed by atoms with Gasteiger partial charge in [-0.2, -0.15) is 0 Å². The van der Waals surface area contributed by atoms with Crippen molar-refractivity contribution in [2.24, 2.45) is 5.73 Å². The summed E-state index contributed by atoms with van der Waals surface area (Å²) in [5.74, 6) is 1.76.